The number of nitrogens with zero attached hydrogens (tertiary/aromatic N) is 1. The van der Waals surface area contributed by atoms with Crippen molar-refractivity contribution < 1.29 is 4.79 Å². The van der Waals surface area contributed by atoms with Crippen LogP contribution in [0.3, 0.4) is 0 Å². The molecule has 1 aromatic carbocycles. The molecule has 2 aromatic heterocycles. The Kier molecular flexibility index (Phi) is 4.87. The summed E-state index contributed by atoms with van der Waals surface area (Å²) in [6.45, 7) is 0.540. The number of carbonyl (C=O) groups is 1. The summed E-state index contributed by atoms with van der Waals surface area (Å²) in [5.41, 5.74) is 1.97. The molecular weight excluding hydrogens is 336 g/mol. The topological polar surface area (TPSA) is 42.0 Å². The largest absolute Gasteiger partial charge is 0.352 e. The number of benzene rings is 1. The van der Waals surface area contributed by atoms with Gasteiger partial charge in [-0.05, 0) is 17.7 Å². The molecule has 0 spiro atoms. The molecule has 6 heteroatoms. The highest BCUT2D eigenvalue weighted by Gasteiger charge is 2.10. The Morgan fingerprint density at radius 3 is 2.73 bits per heavy atom. The van der Waals surface area contributed by atoms with Gasteiger partial charge in [0.1, 0.15) is 5.01 Å². The van der Waals surface area contributed by atoms with Gasteiger partial charge >= 0.3 is 0 Å². The molecule has 0 atom stereocenters. The first-order chi connectivity index (χ1) is 10.7. The van der Waals surface area contributed by atoms with Crippen molar-refractivity contribution in [3.8, 4) is 10.6 Å². The van der Waals surface area contributed by atoms with Crippen molar-refractivity contribution in [2.45, 2.75) is 13.0 Å². The first kappa shape index (κ1) is 15.2. The Labute approximate surface area is 141 Å². The number of carbonyl (C=O) groups excluding carboxylic acids is 1. The molecule has 3 rings (SSSR count). The van der Waals surface area contributed by atoms with Crippen molar-refractivity contribution >= 4 is 40.2 Å². The van der Waals surface area contributed by atoms with Gasteiger partial charge in [0.25, 0.3) is 0 Å². The molecule has 0 saturated heterocycles. The molecular formula is C16H13ClN2OS2. The fourth-order valence-corrected chi connectivity index (χ4v) is 3.82. The summed E-state index contributed by atoms with van der Waals surface area (Å²) in [6, 6.07) is 13.7. The van der Waals surface area contributed by atoms with Crippen LogP contribution in [0, 0.1) is 0 Å². The van der Waals surface area contributed by atoms with Crippen molar-refractivity contribution in [1.29, 1.82) is 0 Å². The summed E-state index contributed by atoms with van der Waals surface area (Å²) >= 11 is 8.92. The van der Waals surface area contributed by atoms with Gasteiger partial charge in [-0.25, -0.2) is 4.98 Å². The van der Waals surface area contributed by atoms with E-state index in [1.807, 2.05) is 47.8 Å². The maximum atomic E-state index is 12.0. The molecule has 0 radical (unpaired) electrons. The second-order valence-electron chi connectivity index (χ2n) is 4.67. The standard InChI is InChI=1S/C16H13ClN2OS2/c17-14-7-6-13(22-14)12-10-21-16(19-12)8-15(20)18-9-11-4-2-1-3-5-11/h1-7,10H,8-9H2,(H,18,20). The van der Waals surface area contributed by atoms with Crippen molar-refractivity contribution in [3.05, 3.63) is 62.8 Å². The number of aromatic nitrogens is 1. The number of halogens is 1. The van der Waals surface area contributed by atoms with Crippen molar-refractivity contribution in [2.75, 3.05) is 0 Å². The van der Waals surface area contributed by atoms with Gasteiger partial charge in [0.05, 0.1) is 21.3 Å². The van der Waals surface area contributed by atoms with Gasteiger partial charge in [-0.15, -0.1) is 22.7 Å². The summed E-state index contributed by atoms with van der Waals surface area (Å²) in [6.07, 6.45) is 0.302. The Bertz CT molecular complexity index is 767. The normalized spacial score (nSPS) is 10.6. The average Bonchev–Trinajstić information content (AvgIpc) is 3.15. The SMILES string of the molecule is O=C(Cc1nc(-c2ccc(Cl)s2)cs1)NCc1ccccc1. The second-order valence-corrected chi connectivity index (χ2v) is 7.33. The second kappa shape index (κ2) is 7.05. The molecule has 2 heterocycles. The number of amides is 1. The molecule has 1 N–H and O–H groups in total. The maximum absolute atomic E-state index is 12.0. The third-order valence-corrected chi connectivity index (χ3v) is 5.12. The lowest BCUT2D eigenvalue weighted by Gasteiger charge is -2.03. The number of thiazole rings is 1. The highest BCUT2D eigenvalue weighted by atomic mass is 35.5. The molecule has 0 aliphatic heterocycles. The van der Waals surface area contributed by atoms with Crippen molar-refractivity contribution in [1.82, 2.24) is 10.3 Å². The third kappa shape index (κ3) is 3.94. The zero-order chi connectivity index (χ0) is 15.4. The lowest BCUT2D eigenvalue weighted by Crippen LogP contribution is -2.24. The van der Waals surface area contributed by atoms with Gasteiger partial charge in [-0.1, -0.05) is 41.9 Å². The van der Waals surface area contributed by atoms with Gasteiger partial charge in [0, 0.05) is 11.9 Å². The number of rotatable bonds is 5. The van der Waals surface area contributed by atoms with Crippen LogP contribution in [0.15, 0.2) is 47.8 Å². The molecule has 3 aromatic rings. The van der Waals surface area contributed by atoms with Crippen LogP contribution in [0.25, 0.3) is 10.6 Å². The predicted molar refractivity (Wildman–Crippen MR) is 92.4 cm³/mol. The quantitative estimate of drug-likeness (QED) is 0.743. The van der Waals surface area contributed by atoms with Gasteiger partial charge in [-0.2, -0.15) is 0 Å². The van der Waals surface area contributed by atoms with E-state index in [1.165, 1.54) is 22.7 Å². The highest BCUT2D eigenvalue weighted by molar-refractivity contribution is 7.19. The summed E-state index contributed by atoms with van der Waals surface area (Å²) < 4.78 is 0.741. The maximum Gasteiger partial charge on any atom is 0.227 e. The van der Waals surface area contributed by atoms with Gasteiger partial charge in [0.2, 0.25) is 5.91 Å². The molecule has 0 saturated carbocycles. The Morgan fingerprint density at radius 2 is 2.00 bits per heavy atom. The molecule has 112 valence electrons. The van der Waals surface area contributed by atoms with E-state index in [4.69, 9.17) is 11.6 Å². The summed E-state index contributed by atoms with van der Waals surface area (Å²) in [4.78, 5) is 17.5. The zero-order valence-electron chi connectivity index (χ0n) is 11.6. The number of nitrogens with one attached hydrogen (secondary N) is 1. The number of hydrogen-bond acceptors (Lipinski definition) is 4. The van der Waals surface area contributed by atoms with Crippen molar-refractivity contribution in [2.24, 2.45) is 0 Å². The van der Waals surface area contributed by atoms with Crippen LogP contribution in [0.5, 0.6) is 0 Å². The van der Waals surface area contributed by atoms with Crippen LogP contribution < -0.4 is 5.32 Å². The lowest BCUT2D eigenvalue weighted by atomic mass is 10.2. The average molecular weight is 349 g/mol. The summed E-state index contributed by atoms with van der Waals surface area (Å²) in [7, 11) is 0. The molecule has 0 aliphatic carbocycles. The molecule has 0 fully saturated rings. The minimum Gasteiger partial charge on any atom is -0.352 e. The molecule has 3 nitrogen and oxygen atoms in total. The Morgan fingerprint density at radius 1 is 1.18 bits per heavy atom. The third-order valence-electron chi connectivity index (χ3n) is 3.02. The summed E-state index contributed by atoms with van der Waals surface area (Å²) in [5.74, 6) is -0.0195. The minimum atomic E-state index is -0.0195. The zero-order valence-corrected chi connectivity index (χ0v) is 14.0. The number of thiophene rings is 1. The van der Waals surface area contributed by atoms with Crippen LogP contribution in [-0.4, -0.2) is 10.9 Å². The molecule has 0 bridgehead atoms. The van der Waals surface area contributed by atoms with E-state index in [0.29, 0.717) is 13.0 Å². The van der Waals surface area contributed by atoms with E-state index >= 15 is 0 Å². The lowest BCUT2D eigenvalue weighted by molar-refractivity contribution is -0.120. The van der Waals surface area contributed by atoms with Crippen LogP contribution >= 0.6 is 34.3 Å². The van der Waals surface area contributed by atoms with E-state index in [-0.39, 0.29) is 5.91 Å². The predicted octanol–water partition coefficient (Wildman–Crippen LogP) is 4.38. The van der Waals surface area contributed by atoms with Crippen LogP contribution in [0.1, 0.15) is 10.6 Å². The molecule has 0 unspecified atom stereocenters. The monoisotopic (exact) mass is 348 g/mol. The first-order valence-electron chi connectivity index (χ1n) is 6.71. The fourth-order valence-electron chi connectivity index (χ4n) is 1.95. The van der Waals surface area contributed by atoms with Gasteiger partial charge in [0.15, 0.2) is 0 Å². The van der Waals surface area contributed by atoms with Gasteiger partial charge in [-0.3, -0.25) is 4.79 Å². The van der Waals surface area contributed by atoms with Crippen LogP contribution in [0.4, 0.5) is 0 Å². The Hall–Kier alpha value is -1.69. The van der Waals surface area contributed by atoms with Crippen LogP contribution in [-0.2, 0) is 17.8 Å². The first-order valence-corrected chi connectivity index (χ1v) is 8.79. The van der Waals surface area contributed by atoms with E-state index < -0.39 is 0 Å². The minimum absolute atomic E-state index is 0.0195. The van der Waals surface area contributed by atoms with E-state index in [0.717, 1.165) is 25.5 Å². The van der Waals surface area contributed by atoms with E-state index in [2.05, 4.69) is 10.3 Å². The fraction of sp³-hybridized carbons (Fsp3) is 0.125. The van der Waals surface area contributed by atoms with Gasteiger partial charge < -0.3 is 5.32 Å². The molecule has 22 heavy (non-hydrogen) atoms. The summed E-state index contributed by atoms with van der Waals surface area (Å²) in [5, 5.41) is 5.68. The smallest absolute Gasteiger partial charge is 0.227 e. The van der Waals surface area contributed by atoms with E-state index in [1.54, 1.807) is 0 Å². The molecule has 0 aliphatic rings. The molecule has 1 amide bonds. The Balaban J connectivity index is 1.57. The number of hydrogen-bond donors (Lipinski definition) is 1. The van der Waals surface area contributed by atoms with Crippen LogP contribution in [0.2, 0.25) is 4.34 Å². The van der Waals surface area contributed by atoms with Crippen molar-refractivity contribution in [3.63, 3.8) is 0 Å². The highest BCUT2D eigenvalue weighted by Crippen LogP contribution is 2.31. The van der Waals surface area contributed by atoms with E-state index in [9.17, 15) is 4.79 Å².